The Morgan fingerprint density at radius 2 is 2.13 bits per heavy atom. The van der Waals surface area contributed by atoms with Gasteiger partial charge in [-0.15, -0.1) is 24.2 Å². The summed E-state index contributed by atoms with van der Waals surface area (Å²) < 4.78 is 0. The fraction of sp³-hybridized carbons (Fsp3) is 0.467. The highest BCUT2D eigenvalue weighted by Gasteiger charge is 2.25. The van der Waals surface area contributed by atoms with Gasteiger partial charge in [0, 0.05) is 42.9 Å². The predicted molar refractivity (Wildman–Crippen MR) is 94.5 cm³/mol. The molecule has 0 saturated carbocycles. The van der Waals surface area contributed by atoms with Gasteiger partial charge in [0.05, 0.1) is 11.8 Å². The molecule has 2 amide bonds. The minimum Gasteiger partial charge on any atom is -0.391 e. The molecular formula is C15H22ClN3O3S. The fourth-order valence-electron chi connectivity index (χ4n) is 2.38. The first kappa shape index (κ1) is 19.8. The van der Waals surface area contributed by atoms with Crippen LogP contribution in [0.4, 0.5) is 5.69 Å². The topological polar surface area (TPSA) is 90.5 Å². The molecule has 128 valence electrons. The van der Waals surface area contributed by atoms with E-state index in [1.54, 1.807) is 18.2 Å². The van der Waals surface area contributed by atoms with Crippen molar-refractivity contribution in [3.05, 3.63) is 23.8 Å². The van der Waals surface area contributed by atoms with Crippen LogP contribution in [-0.2, 0) is 4.79 Å². The molecule has 1 saturated heterocycles. The largest absolute Gasteiger partial charge is 0.391 e. The molecule has 2 atom stereocenters. The second-order valence-electron chi connectivity index (χ2n) is 5.29. The van der Waals surface area contributed by atoms with Crippen LogP contribution in [0.1, 0.15) is 17.3 Å². The molecule has 0 spiro atoms. The van der Waals surface area contributed by atoms with Crippen molar-refractivity contribution in [2.75, 3.05) is 31.2 Å². The van der Waals surface area contributed by atoms with Gasteiger partial charge in [0.1, 0.15) is 0 Å². The number of benzene rings is 1. The summed E-state index contributed by atoms with van der Waals surface area (Å²) in [6.07, 6.45) is 1.48. The Hall–Kier alpha value is -1.28. The van der Waals surface area contributed by atoms with Gasteiger partial charge in [-0.05, 0) is 24.5 Å². The van der Waals surface area contributed by atoms with E-state index in [4.69, 9.17) is 0 Å². The highest BCUT2D eigenvalue weighted by molar-refractivity contribution is 7.98. The molecule has 1 aliphatic heterocycles. The standard InChI is InChI=1S/C15H21N3O3S.ClH/c1-9(19)18-12-4-3-10(5-14(12)22-2)15(21)17-7-11-6-16-8-13(11)20;/h3-5,11,13,16,20H,6-8H2,1-2H3,(H,17,21)(H,18,19);1H. The maximum atomic E-state index is 12.2. The van der Waals surface area contributed by atoms with Crippen molar-refractivity contribution in [3.63, 3.8) is 0 Å². The molecule has 1 aromatic rings. The number of hydrogen-bond acceptors (Lipinski definition) is 5. The van der Waals surface area contributed by atoms with Crippen molar-refractivity contribution in [2.45, 2.75) is 17.9 Å². The van der Waals surface area contributed by atoms with Crippen LogP contribution in [0, 0.1) is 5.92 Å². The number of aliphatic hydroxyl groups is 1. The Morgan fingerprint density at radius 3 is 2.70 bits per heavy atom. The molecule has 8 heteroatoms. The van der Waals surface area contributed by atoms with Crippen LogP contribution in [0.15, 0.2) is 23.1 Å². The second-order valence-corrected chi connectivity index (χ2v) is 6.14. The molecule has 1 heterocycles. The lowest BCUT2D eigenvalue weighted by atomic mass is 10.1. The van der Waals surface area contributed by atoms with E-state index in [1.807, 2.05) is 6.26 Å². The van der Waals surface area contributed by atoms with Crippen molar-refractivity contribution >= 4 is 41.7 Å². The molecule has 0 aromatic heterocycles. The molecule has 0 aliphatic carbocycles. The number of rotatable bonds is 5. The Balaban J connectivity index is 0.00000264. The lowest BCUT2D eigenvalue weighted by Crippen LogP contribution is -2.34. The van der Waals surface area contributed by atoms with Gasteiger partial charge in [-0.3, -0.25) is 9.59 Å². The average molecular weight is 360 g/mol. The van der Waals surface area contributed by atoms with Crippen LogP contribution in [0.3, 0.4) is 0 Å². The normalized spacial score (nSPS) is 19.8. The number of thioether (sulfide) groups is 1. The van der Waals surface area contributed by atoms with Gasteiger partial charge in [-0.1, -0.05) is 0 Å². The van der Waals surface area contributed by atoms with E-state index in [9.17, 15) is 14.7 Å². The zero-order valence-electron chi connectivity index (χ0n) is 13.1. The molecule has 4 N–H and O–H groups in total. The maximum absolute atomic E-state index is 12.2. The molecule has 0 radical (unpaired) electrons. The van der Waals surface area contributed by atoms with Crippen molar-refractivity contribution in [2.24, 2.45) is 5.92 Å². The average Bonchev–Trinajstić information content (AvgIpc) is 2.90. The number of amides is 2. The number of carbonyl (C=O) groups is 2. The van der Waals surface area contributed by atoms with Gasteiger partial charge >= 0.3 is 0 Å². The maximum Gasteiger partial charge on any atom is 0.251 e. The van der Waals surface area contributed by atoms with Gasteiger partial charge in [0.15, 0.2) is 0 Å². The number of hydrogen-bond donors (Lipinski definition) is 4. The summed E-state index contributed by atoms with van der Waals surface area (Å²) in [4.78, 5) is 24.2. The van der Waals surface area contributed by atoms with Gasteiger partial charge in [-0.25, -0.2) is 0 Å². The summed E-state index contributed by atoms with van der Waals surface area (Å²) >= 11 is 1.47. The van der Waals surface area contributed by atoms with E-state index in [-0.39, 0.29) is 30.1 Å². The Bertz CT molecular complexity index is 571. The third-order valence-electron chi connectivity index (χ3n) is 3.60. The van der Waals surface area contributed by atoms with Crippen LogP contribution in [0.2, 0.25) is 0 Å². The number of anilines is 1. The number of nitrogens with one attached hydrogen (secondary N) is 3. The minimum absolute atomic E-state index is 0. The van der Waals surface area contributed by atoms with Gasteiger partial charge < -0.3 is 21.1 Å². The second kappa shape index (κ2) is 9.12. The molecule has 1 aliphatic rings. The highest BCUT2D eigenvalue weighted by atomic mass is 35.5. The summed E-state index contributed by atoms with van der Waals surface area (Å²) in [5.41, 5.74) is 1.24. The fourth-order valence-corrected chi connectivity index (χ4v) is 2.96. The lowest BCUT2D eigenvalue weighted by Gasteiger charge is -2.15. The molecule has 1 aromatic carbocycles. The first-order valence-corrected chi connectivity index (χ1v) is 8.36. The molecule has 6 nitrogen and oxygen atoms in total. The Kier molecular flexibility index (Phi) is 7.84. The zero-order chi connectivity index (χ0) is 16.1. The summed E-state index contributed by atoms with van der Waals surface area (Å²) in [7, 11) is 0. The van der Waals surface area contributed by atoms with Crippen LogP contribution in [-0.4, -0.2) is 48.9 Å². The smallest absolute Gasteiger partial charge is 0.251 e. The number of halogens is 1. The van der Waals surface area contributed by atoms with Crippen LogP contribution in [0.5, 0.6) is 0 Å². The third-order valence-corrected chi connectivity index (χ3v) is 4.38. The molecule has 23 heavy (non-hydrogen) atoms. The van der Waals surface area contributed by atoms with Gasteiger partial charge in [0.25, 0.3) is 5.91 Å². The summed E-state index contributed by atoms with van der Waals surface area (Å²) in [6.45, 7) is 3.17. The van der Waals surface area contributed by atoms with Crippen LogP contribution in [0.25, 0.3) is 0 Å². The van der Waals surface area contributed by atoms with Crippen molar-refractivity contribution in [1.29, 1.82) is 0 Å². The third kappa shape index (κ3) is 5.39. The monoisotopic (exact) mass is 359 g/mol. The van der Waals surface area contributed by atoms with Gasteiger partial charge in [0.2, 0.25) is 5.91 Å². The predicted octanol–water partition coefficient (Wildman–Crippen LogP) is 1.10. The summed E-state index contributed by atoms with van der Waals surface area (Å²) in [6, 6.07) is 5.17. The number of aliphatic hydroxyl groups excluding tert-OH is 1. The first-order chi connectivity index (χ1) is 10.5. The first-order valence-electron chi connectivity index (χ1n) is 7.14. The number of β-amino-alcohol motifs (C(OH)–C–C–N with tert-alkyl or cyclic N) is 1. The lowest BCUT2D eigenvalue weighted by molar-refractivity contribution is -0.114. The highest BCUT2D eigenvalue weighted by Crippen LogP contribution is 2.26. The molecule has 0 bridgehead atoms. The Labute approximate surface area is 146 Å². The molecule has 1 fully saturated rings. The van der Waals surface area contributed by atoms with Gasteiger partial charge in [-0.2, -0.15) is 0 Å². The van der Waals surface area contributed by atoms with E-state index in [2.05, 4.69) is 16.0 Å². The molecule has 2 rings (SSSR count). The zero-order valence-corrected chi connectivity index (χ0v) is 14.7. The summed E-state index contributed by atoms with van der Waals surface area (Å²) in [5, 5.41) is 18.4. The van der Waals surface area contributed by atoms with Crippen LogP contribution >= 0.6 is 24.2 Å². The minimum atomic E-state index is -0.413. The van der Waals surface area contributed by atoms with E-state index in [1.165, 1.54) is 18.7 Å². The molecule has 2 unspecified atom stereocenters. The van der Waals surface area contributed by atoms with E-state index in [0.717, 1.165) is 4.90 Å². The number of carbonyl (C=O) groups excluding carboxylic acids is 2. The van der Waals surface area contributed by atoms with E-state index >= 15 is 0 Å². The summed E-state index contributed by atoms with van der Waals surface area (Å²) in [5.74, 6) is -0.276. The SMILES string of the molecule is CSc1cc(C(=O)NCC2CNCC2O)ccc1NC(C)=O.Cl. The van der Waals surface area contributed by atoms with Crippen molar-refractivity contribution < 1.29 is 14.7 Å². The van der Waals surface area contributed by atoms with E-state index < -0.39 is 6.10 Å². The molecular weight excluding hydrogens is 338 g/mol. The Morgan fingerprint density at radius 1 is 1.39 bits per heavy atom. The van der Waals surface area contributed by atoms with Crippen molar-refractivity contribution in [3.8, 4) is 0 Å². The quantitative estimate of drug-likeness (QED) is 0.591. The van der Waals surface area contributed by atoms with Crippen molar-refractivity contribution in [1.82, 2.24) is 10.6 Å². The van der Waals surface area contributed by atoms with Crippen LogP contribution < -0.4 is 16.0 Å². The van der Waals surface area contributed by atoms with E-state index in [0.29, 0.717) is 30.9 Å².